The predicted octanol–water partition coefficient (Wildman–Crippen LogP) is 7.32. The van der Waals surface area contributed by atoms with E-state index in [1.807, 2.05) is 0 Å². The summed E-state index contributed by atoms with van der Waals surface area (Å²) in [7, 11) is 0. The lowest BCUT2D eigenvalue weighted by molar-refractivity contribution is 0.132. The van der Waals surface area contributed by atoms with Crippen molar-refractivity contribution in [2.75, 3.05) is 13.1 Å². The molecule has 0 heterocycles. The van der Waals surface area contributed by atoms with Gasteiger partial charge in [0.05, 0.1) is 12.2 Å². The normalized spacial score (nSPS) is 16.6. The monoisotopic (exact) mass is 384 g/mol. The van der Waals surface area contributed by atoms with Crippen LogP contribution >= 0.6 is 0 Å². The van der Waals surface area contributed by atoms with Crippen molar-refractivity contribution in [3.05, 3.63) is 41.5 Å². The molecule has 0 saturated carbocycles. The van der Waals surface area contributed by atoms with Crippen LogP contribution in [0.3, 0.4) is 0 Å². The van der Waals surface area contributed by atoms with Crippen LogP contribution in [0.2, 0.25) is 0 Å². The lowest BCUT2D eigenvalue weighted by Crippen LogP contribution is -2.46. The molecule has 0 fully saturated rings. The standard InChI is InChI=1S/C26H44N2/c1-4-7-8-9-10-11-12-13-14-15-20-26(27-5-2)28(6-3)25-22-21-23-18-16-17-19-24(23)25/h16-19,21-22,25-27H,4-15,20H2,1-3H3. The number of unbranched alkanes of at least 4 members (excludes halogenated alkanes) is 9. The van der Waals surface area contributed by atoms with E-state index < -0.39 is 0 Å². The largest absolute Gasteiger partial charge is 0.302 e. The van der Waals surface area contributed by atoms with Gasteiger partial charge < -0.3 is 5.32 Å². The summed E-state index contributed by atoms with van der Waals surface area (Å²) in [5.41, 5.74) is 2.86. The van der Waals surface area contributed by atoms with Crippen LogP contribution in [-0.4, -0.2) is 24.2 Å². The molecule has 2 atom stereocenters. The Bertz CT molecular complexity index is 551. The molecule has 0 aromatic heterocycles. The summed E-state index contributed by atoms with van der Waals surface area (Å²) in [6.45, 7) is 8.95. The molecule has 0 spiro atoms. The van der Waals surface area contributed by atoms with Gasteiger partial charge >= 0.3 is 0 Å². The molecule has 1 N–H and O–H groups in total. The van der Waals surface area contributed by atoms with E-state index in [4.69, 9.17) is 0 Å². The molecule has 2 heteroatoms. The Morgan fingerprint density at radius 3 is 2.14 bits per heavy atom. The van der Waals surface area contributed by atoms with Crippen LogP contribution in [0.5, 0.6) is 0 Å². The van der Waals surface area contributed by atoms with Gasteiger partial charge in [0, 0.05) is 0 Å². The molecule has 0 radical (unpaired) electrons. The number of nitrogens with zero attached hydrogens (tertiary/aromatic N) is 1. The van der Waals surface area contributed by atoms with Gasteiger partial charge in [0.2, 0.25) is 0 Å². The van der Waals surface area contributed by atoms with Gasteiger partial charge in [-0.1, -0.05) is 121 Å². The van der Waals surface area contributed by atoms with Gasteiger partial charge in [-0.05, 0) is 30.6 Å². The summed E-state index contributed by atoms with van der Waals surface area (Å²) in [5.74, 6) is 0. The number of fused-ring (bicyclic) bond motifs is 1. The van der Waals surface area contributed by atoms with E-state index in [1.54, 1.807) is 0 Å². The Morgan fingerprint density at radius 2 is 1.50 bits per heavy atom. The van der Waals surface area contributed by atoms with Crippen molar-refractivity contribution in [2.24, 2.45) is 0 Å². The molecule has 28 heavy (non-hydrogen) atoms. The molecule has 158 valence electrons. The summed E-state index contributed by atoms with van der Waals surface area (Å²) in [5, 5.41) is 3.76. The second-order valence-corrected chi connectivity index (χ2v) is 8.31. The van der Waals surface area contributed by atoms with Crippen molar-refractivity contribution in [3.63, 3.8) is 0 Å². The summed E-state index contributed by atoms with van der Waals surface area (Å²) < 4.78 is 0. The summed E-state index contributed by atoms with van der Waals surface area (Å²) in [6, 6.07) is 9.29. The van der Waals surface area contributed by atoms with Crippen LogP contribution in [0.15, 0.2) is 30.3 Å². The third kappa shape index (κ3) is 7.37. The first kappa shape index (κ1) is 23.2. The molecule has 2 unspecified atom stereocenters. The van der Waals surface area contributed by atoms with E-state index >= 15 is 0 Å². The van der Waals surface area contributed by atoms with Gasteiger partial charge in [0.25, 0.3) is 0 Å². The fourth-order valence-corrected chi connectivity index (χ4v) is 4.58. The smallest absolute Gasteiger partial charge is 0.0605 e. The lowest BCUT2D eigenvalue weighted by Gasteiger charge is -2.36. The molecule has 1 aromatic carbocycles. The van der Waals surface area contributed by atoms with Gasteiger partial charge in [-0.3, -0.25) is 4.90 Å². The highest BCUT2D eigenvalue weighted by Crippen LogP contribution is 2.34. The molecule has 0 bridgehead atoms. The van der Waals surface area contributed by atoms with E-state index in [1.165, 1.54) is 81.8 Å². The molecule has 1 aliphatic carbocycles. The maximum atomic E-state index is 3.76. The summed E-state index contributed by atoms with van der Waals surface area (Å²) >= 11 is 0. The zero-order valence-corrected chi connectivity index (χ0v) is 18.8. The van der Waals surface area contributed by atoms with E-state index in [9.17, 15) is 0 Å². The molecule has 2 rings (SSSR count). The number of rotatable bonds is 16. The molecule has 1 aliphatic rings. The van der Waals surface area contributed by atoms with Crippen LogP contribution < -0.4 is 5.32 Å². The maximum Gasteiger partial charge on any atom is 0.0605 e. The highest BCUT2D eigenvalue weighted by molar-refractivity contribution is 5.61. The molecule has 0 aliphatic heterocycles. The number of hydrogen-bond donors (Lipinski definition) is 1. The van der Waals surface area contributed by atoms with E-state index in [-0.39, 0.29) is 0 Å². The third-order valence-electron chi connectivity index (χ3n) is 6.17. The quantitative estimate of drug-likeness (QED) is 0.237. The van der Waals surface area contributed by atoms with Gasteiger partial charge in [0.15, 0.2) is 0 Å². The first-order valence-corrected chi connectivity index (χ1v) is 12.1. The minimum atomic E-state index is 0.424. The highest BCUT2D eigenvalue weighted by atomic mass is 15.3. The van der Waals surface area contributed by atoms with Crippen LogP contribution in [0.1, 0.15) is 109 Å². The van der Waals surface area contributed by atoms with Gasteiger partial charge in [-0.15, -0.1) is 0 Å². The van der Waals surface area contributed by atoms with Crippen LogP contribution in [0.4, 0.5) is 0 Å². The van der Waals surface area contributed by atoms with Crippen molar-refractivity contribution < 1.29 is 0 Å². The fraction of sp³-hybridized carbons (Fsp3) is 0.692. The minimum absolute atomic E-state index is 0.424. The van der Waals surface area contributed by atoms with Crippen molar-refractivity contribution in [1.82, 2.24) is 10.2 Å². The Kier molecular flexibility index (Phi) is 11.5. The Labute approximate surface area is 174 Å². The fourth-order valence-electron chi connectivity index (χ4n) is 4.58. The van der Waals surface area contributed by atoms with Crippen LogP contribution in [0, 0.1) is 0 Å². The van der Waals surface area contributed by atoms with Crippen molar-refractivity contribution in [3.8, 4) is 0 Å². The van der Waals surface area contributed by atoms with E-state index in [0.717, 1.165) is 13.1 Å². The Balaban J connectivity index is 1.72. The number of hydrogen-bond acceptors (Lipinski definition) is 2. The molecule has 2 nitrogen and oxygen atoms in total. The van der Waals surface area contributed by atoms with E-state index in [2.05, 4.69) is 67.4 Å². The molecule has 1 aromatic rings. The molecular formula is C26H44N2. The topological polar surface area (TPSA) is 15.3 Å². The Morgan fingerprint density at radius 1 is 0.857 bits per heavy atom. The average molecular weight is 385 g/mol. The van der Waals surface area contributed by atoms with Crippen molar-refractivity contribution >= 4 is 6.08 Å². The lowest BCUT2D eigenvalue weighted by atomic mass is 10.0. The maximum absolute atomic E-state index is 3.76. The van der Waals surface area contributed by atoms with E-state index in [0.29, 0.717) is 12.2 Å². The average Bonchev–Trinajstić information content (AvgIpc) is 3.14. The second kappa shape index (κ2) is 14.0. The van der Waals surface area contributed by atoms with Crippen molar-refractivity contribution in [2.45, 2.75) is 104 Å². The SMILES string of the molecule is CCCCCCCCCCCCC(NCC)N(CC)C1C=Cc2ccccc21. The van der Waals surface area contributed by atoms with Crippen LogP contribution in [0.25, 0.3) is 6.08 Å². The Hall–Kier alpha value is -1.12. The molecule has 0 saturated heterocycles. The van der Waals surface area contributed by atoms with Crippen molar-refractivity contribution in [1.29, 1.82) is 0 Å². The zero-order valence-electron chi connectivity index (χ0n) is 18.8. The van der Waals surface area contributed by atoms with Gasteiger partial charge in [0.1, 0.15) is 0 Å². The van der Waals surface area contributed by atoms with Crippen LogP contribution in [-0.2, 0) is 0 Å². The molecular weight excluding hydrogens is 340 g/mol. The minimum Gasteiger partial charge on any atom is -0.302 e. The second-order valence-electron chi connectivity index (χ2n) is 8.31. The number of likely N-dealkylation sites (N-methyl/N-ethyl adjacent to an activating group) is 1. The number of nitrogens with one attached hydrogen (secondary N) is 1. The van der Waals surface area contributed by atoms with Gasteiger partial charge in [-0.2, -0.15) is 0 Å². The predicted molar refractivity (Wildman–Crippen MR) is 125 cm³/mol. The number of benzene rings is 1. The highest BCUT2D eigenvalue weighted by Gasteiger charge is 2.27. The molecule has 0 amide bonds. The first-order chi connectivity index (χ1) is 13.8. The summed E-state index contributed by atoms with van der Waals surface area (Å²) in [4.78, 5) is 2.65. The third-order valence-corrected chi connectivity index (χ3v) is 6.17. The first-order valence-electron chi connectivity index (χ1n) is 12.1. The summed E-state index contributed by atoms with van der Waals surface area (Å²) in [6.07, 6.45) is 20.5. The van der Waals surface area contributed by atoms with Gasteiger partial charge in [-0.25, -0.2) is 0 Å². The zero-order chi connectivity index (χ0) is 20.0.